The molecule has 1 atom stereocenters. The van der Waals surface area contributed by atoms with Crippen LogP contribution in [0.1, 0.15) is 31.5 Å². The number of hydrogen-bond donors (Lipinski definition) is 0. The summed E-state index contributed by atoms with van der Waals surface area (Å²) in [6, 6.07) is 4.15. The first-order valence-corrected chi connectivity index (χ1v) is 4.83. The summed E-state index contributed by atoms with van der Waals surface area (Å²) in [5.74, 6) is 0.747. The Bertz CT molecular complexity index is 261. The van der Waals surface area contributed by atoms with Crippen LogP contribution in [0.25, 0.3) is 6.08 Å². The van der Waals surface area contributed by atoms with Gasteiger partial charge in [0.05, 0.1) is 5.69 Å². The SMILES string of the molecule is C=Cc1ccc(CC(C)CC)cn1. The van der Waals surface area contributed by atoms with Gasteiger partial charge in [0.2, 0.25) is 0 Å². The summed E-state index contributed by atoms with van der Waals surface area (Å²) >= 11 is 0. The van der Waals surface area contributed by atoms with Crippen molar-refractivity contribution in [3.63, 3.8) is 0 Å². The smallest absolute Gasteiger partial charge is 0.0623 e. The summed E-state index contributed by atoms with van der Waals surface area (Å²) in [5.41, 5.74) is 2.27. The highest BCUT2D eigenvalue weighted by atomic mass is 14.7. The van der Waals surface area contributed by atoms with E-state index < -0.39 is 0 Å². The van der Waals surface area contributed by atoms with Gasteiger partial charge < -0.3 is 0 Å². The standard InChI is InChI=1S/C12H17N/c1-4-10(3)8-11-6-7-12(5-2)13-9-11/h5-7,9-10H,2,4,8H2,1,3H3. The summed E-state index contributed by atoms with van der Waals surface area (Å²) in [4.78, 5) is 4.27. The Hall–Kier alpha value is -1.11. The third kappa shape index (κ3) is 3.02. The molecule has 0 N–H and O–H groups in total. The quantitative estimate of drug-likeness (QED) is 0.684. The van der Waals surface area contributed by atoms with E-state index in [4.69, 9.17) is 0 Å². The lowest BCUT2D eigenvalue weighted by Crippen LogP contribution is -1.98. The van der Waals surface area contributed by atoms with Crippen molar-refractivity contribution in [3.05, 3.63) is 36.2 Å². The van der Waals surface area contributed by atoms with Crippen molar-refractivity contribution in [2.45, 2.75) is 26.7 Å². The van der Waals surface area contributed by atoms with Crippen LogP contribution in [-0.2, 0) is 6.42 Å². The molecule has 13 heavy (non-hydrogen) atoms. The molecule has 1 rings (SSSR count). The Kier molecular flexibility index (Phi) is 3.69. The summed E-state index contributed by atoms with van der Waals surface area (Å²) in [6.45, 7) is 8.16. The van der Waals surface area contributed by atoms with Crippen LogP contribution < -0.4 is 0 Å². The molecule has 0 amide bonds. The lowest BCUT2D eigenvalue weighted by Gasteiger charge is -2.07. The zero-order valence-corrected chi connectivity index (χ0v) is 8.46. The predicted molar refractivity (Wildman–Crippen MR) is 57.5 cm³/mol. The predicted octanol–water partition coefficient (Wildman–Crippen LogP) is 3.31. The second kappa shape index (κ2) is 4.80. The van der Waals surface area contributed by atoms with E-state index in [0.29, 0.717) is 0 Å². The number of hydrogen-bond acceptors (Lipinski definition) is 1. The molecule has 0 radical (unpaired) electrons. The van der Waals surface area contributed by atoms with Crippen LogP contribution in [0.15, 0.2) is 24.9 Å². The van der Waals surface area contributed by atoms with Crippen molar-refractivity contribution < 1.29 is 0 Å². The zero-order valence-electron chi connectivity index (χ0n) is 8.46. The summed E-state index contributed by atoms with van der Waals surface area (Å²) in [5, 5.41) is 0. The van der Waals surface area contributed by atoms with E-state index in [1.54, 1.807) is 6.08 Å². The zero-order chi connectivity index (χ0) is 9.68. The molecule has 0 saturated carbocycles. The minimum Gasteiger partial charge on any atom is -0.257 e. The molecule has 1 aromatic rings. The van der Waals surface area contributed by atoms with Crippen LogP contribution in [0.3, 0.4) is 0 Å². The molecular weight excluding hydrogens is 158 g/mol. The molecule has 1 aromatic heterocycles. The summed E-state index contributed by atoms with van der Waals surface area (Å²) < 4.78 is 0. The van der Waals surface area contributed by atoms with E-state index in [0.717, 1.165) is 18.0 Å². The first kappa shape index (κ1) is 9.97. The molecule has 1 unspecified atom stereocenters. The summed E-state index contributed by atoms with van der Waals surface area (Å²) in [6.07, 6.45) is 6.07. The van der Waals surface area contributed by atoms with Gasteiger partial charge in [0.25, 0.3) is 0 Å². The molecule has 70 valence electrons. The highest BCUT2D eigenvalue weighted by Gasteiger charge is 2.00. The lowest BCUT2D eigenvalue weighted by molar-refractivity contribution is 0.559. The van der Waals surface area contributed by atoms with Crippen molar-refractivity contribution in [1.29, 1.82) is 0 Å². The van der Waals surface area contributed by atoms with Gasteiger partial charge in [-0.1, -0.05) is 32.9 Å². The van der Waals surface area contributed by atoms with Crippen LogP contribution in [0, 0.1) is 5.92 Å². The highest BCUT2D eigenvalue weighted by molar-refractivity contribution is 5.41. The van der Waals surface area contributed by atoms with Crippen molar-refractivity contribution in [3.8, 4) is 0 Å². The van der Waals surface area contributed by atoms with E-state index in [1.165, 1.54) is 12.0 Å². The molecule has 0 spiro atoms. The van der Waals surface area contributed by atoms with Gasteiger partial charge in [-0.25, -0.2) is 0 Å². The topological polar surface area (TPSA) is 12.9 Å². The van der Waals surface area contributed by atoms with E-state index in [1.807, 2.05) is 12.3 Å². The molecule has 1 heteroatoms. The maximum absolute atomic E-state index is 4.27. The molecule has 0 aromatic carbocycles. The van der Waals surface area contributed by atoms with Crippen LogP contribution in [0.4, 0.5) is 0 Å². The van der Waals surface area contributed by atoms with Gasteiger partial charge in [-0.2, -0.15) is 0 Å². The molecule has 1 heterocycles. The molecule has 0 saturated heterocycles. The first-order chi connectivity index (χ1) is 6.26. The molecule has 0 aliphatic heterocycles. The average molecular weight is 175 g/mol. The number of rotatable bonds is 4. The molecule has 1 nitrogen and oxygen atoms in total. The highest BCUT2D eigenvalue weighted by Crippen LogP contribution is 2.10. The van der Waals surface area contributed by atoms with E-state index >= 15 is 0 Å². The van der Waals surface area contributed by atoms with Gasteiger partial charge in [-0.3, -0.25) is 4.98 Å². The van der Waals surface area contributed by atoms with E-state index in [2.05, 4.69) is 31.5 Å². The second-order valence-corrected chi connectivity index (χ2v) is 3.51. The van der Waals surface area contributed by atoms with Crippen LogP contribution in [0.2, 0.25) is 0 Å². The van der Waals surface area contributed by atoms with Crippen molar-refractivity contribution in [2.75, 3.05) is 0 Å². The van der Waals surface area contributed by atoms with Crippen LogP contribution in [-0.4, -0.2) is 4.98 Å². The van der Waals surface area contributed by atoms with Crippen molar-refractivity contribution >= 4 is 6.08 Å². The third-order valence-corrected chi connectivity index (χ3v) is 2.34. The molecule has 0 fully saturated rings. The van der Waals surface area contributed by atoms with Gasteiger partial charge in [-0.05, 0) is 30.0 Å². The Morgan fingerprint density at radius 2 is 2.31 bits per heavy atom. The van der Waals surface area contributed by atoms with E-state index in [9.17, 15) is 0 Å². The normalized spacial score (nSPS) is 12.5. The second-order valence-electron chi connectivity index (χ2n) is 3.51. The summed E-state index contributed by atoms with van der Waals surface area (Å²) in [7, 11) is 0. The molecular formula is C12H17N. The minimum absolute atomic E-state index is 0.747. The van der Waals surface area contributed by atoms with Gasteiger partial charge >= 0.3 is 0 Å². The van der Waals surface area contributed by atoms with Crippen LogP contribution in [0.5, 0.6) is 0 Å². The fraction of sp³-hybridized carbons (Fsp3) is 0.417. The maximum Gasteiger partial charge on any atom is 0.0623 e. The van der Waals surface area contributed by atoms with Crippen LogP contribution >= 0.6 is 0 Å². The molecule has 0 bridgehead atoms. The lowest BCUT2D eigenvalue weighted by atomic mass is 10.0. The van der Waals surface area contributed by atoms with Crippen molar-refractivity contribution in [2.24, 2.45) is 5.92 Å². The minimum atomic E-state index is 0.747. The Labute approximate surface area is 80.5 Å². The average Bonchev–Trinajstić information content (AvgIpc) is 2.19. The number of nitrogens with zero attached hydrogens (tertiary/aromatic N) is 1. The fourth-order valence-corrected chi connectivity index (χ4v) is 1.22. The van der Waals surface area contributed by atoms with E-state index in [-0.39, 0.29) is 0 Å². The number of aromatic nitrogens is 1. The molecule has 0 aliphatic carbocycles. The largest absolute Gasteiger partial charge is 0.257 e. The van der Waals surface area contributed by atoms with Gasteiger partial charge in [0, 0.05) is 6.20 Å². The third-order valence-electron chi connectivity index (χ3n) is 2.34. The fourth-order valence-electron chi connectivity index (χ4n) is 1.22. The maximum atomic E-state index is 4.27. The Morgan fingerprint density at radius 1 is 1.54 bits per heavy atom. The first-order valence-electron chi connectivity index (χ1n) is 4.83. The van der Waals surface area contributed by atoms with Gasteiger partial charge in [0.1, 0.15) is 0 Å². The Balaban J connectivity index is 2.63. The van der Waals surface area contributed by atoms with Crippen molar-refractivity contribution in [1.82, 2.24) is 4.98 Å². The monoisotopic (exact) mass is 175 g/mol. The Morgan fingerprint density at radius 3 is 2.77 bits per heavy atom. The van der Waals surface area contributed by atoms with Gasteiger partial charge in [0.15, 0.2) is 0 Å². The van der Waals surface area contributed by atoms with Gasteiger partial charge in [-0.15, -0.1) is 0 Å². The number of pyridine rings is 1. The molecule has 0 aliphatic rings.